The Morgan fingerprint density at radius 3 is 2.72 bits per heavy atom. The third-order valence-corrected chi connectivity index (χ3v) is 5.55. The average Bonchev–Trinajstić information content (AvgIpc) is 2.66. The van der Waals surface area contributed by atoms with E-state index in [1.807, 2.05) is 36.4 Å². The normalized spacial score (nSPS) is 17.8. The van der Waals surface area contributed by atoms with Gasteiger partial charge in [0.25, 0.3) is 0 Å². The Morgan fingerprint density at radius 1 is 1.31 bits per heavy atom. The molecule has 154 valence electrons. The van der Waals surface area contributed by atoms with Crippen molar-refractivity contribution in [1.82, 2.24) is 5.43 Å². The molecular formula is C23H29FN4S. The molecule has 0 fully saturated rings. The number of fused-ring (bicyclic) bond motifs is 1. The monoisotopic (exact) mass is 412 g/mol. The highest BCUT2D eigenvalue weighted by Gasteiger charge is 2.36. The Hall–Kier alpha value is -2.47. The molecule has 1 aliphatic rings. The lowest BCUT2D eigenvalue weighted by atomic mass is 9.79. The fourth-order valence-corrected chi connectivity index (χ4v) is 4.28. The molecule has 0 aliphatic carbocycles. The second-order valence-electron chi connectivity index (χ2n) is 8.19. The van der Waals surface area contributed by atoms with Gasteiger partial charge < -0.3 is 10.2 Å². The molecule has 2 aromatic carbocycles. The van der Waals surface area contributed by atoms with Crippen molar-refractivity contribution >= 4 is 34.9 Å². The van der Waals surface area contributed by atoms with Crippen LogP contribution in [0, 0.1) is 5.82 Å². The van der Waals surface area contributed by atoms with E-state index in [1.54, 1.807) is 6.07 Å². The standard InChI is InChI=1S/C23H29FN4S/c1-5-11-28-21-13-20(24)17(12-19(21)16(2)14-23(28,3)4)15-25-27-22(29)26-18-9-7-6-8-10-18/h6-10,12-13,15-16H,5,11,14H2,1-4H3,(H2,26,27,29)/b25-15+. The molecule has 0 saturated heterocycles. The van der Waals surface area contributed by atoms with Crippen LogP contribution in [0.3, 0.4) is 0 Å². The van der Waals surface area contributed by atoms with Crippen LogP contribution in [0.5, 0.6) is 0 Å². The highest BCUT2D eigenvalue weighted by molar-refractivity contribution is 7.80. The van der Waals surface area contributed by atoms with Crippen LogP contribution in [0.15, 0.2) is 47.6 Å². The van der Waals surface area contributed by atoms with E-state index in [0.717, 1.165) is 30.8 Å². The Kier molecular flexibility index (Phi) is 6.52. The van der Waals surface area contributed by atoms with Gasteiger partial charge in [-0.15, -0.1) is 0 Å². The maximum atomic E-state index is 14.8. The van der Waals surface area contributed by atoms with Gasteiger partial charge in [0, 0.05) is 29.0 Å². The highest BCUT2D eigenvalue weighted by Crippen LogP contribution is 2.44. The van der Waals surface area contributed by atoms with E-state index in [4.69, 9.17) is 12.2 Å². The minimum atomic E-state index is -0.276. The maximum absolute atomic E-state index is 14.8. The number of benzene rings is 2. The number of anilines is 2. The fourth-order valence-electron chi connectivity index (χ4n) is 4.11. The van der Waals surface area contributed by atoms with Crippen molar-refractivity contribution in [3.05, 3.63) is 59.4 Å². The molecule has 0 aromatic heterocycles. The summed E-state index contributed by atoms with van der Waals surface area (Å²) in [6, 6.07) is 13.2. The summed E-state index contributed by atoms with van der Waals surface area (Å²) in [5.74, 6) is 0.0804. The van der Waals surface area contributed by atoms with E-state index in [1.165, 1.54) is 11.8 Å². The quantitative estimate of drug-likeness (QED) is 0.378. The average molecular weight is 413 g/mol. The molecule has 0 radical (unpaired) electrons. The zero-order chi connectivity index (χ0) is 21.0. The molecule has 0 amide bonds. The number of hydrogen-bond acceptors (Lipinski definition) is 3. The Labute approximate surface area is 178 Å². The zero-order valence-electron chi connectivity index (χ0n) is 17.5. The number of nitrogens with one attached hydrogen (secondary N) is 2. The molecule has 2 N–H and O–H groups in total. The second kappa shape index (κ2) is 8.91. The zero-order valence-corrected chi connectivity index (χ0v) is 18.3. The topological polar surface area (TPSA) is 39.7 Å². The molecule has 0 spiro atoms. The van der Waals surface area contributed by atoms with E-state index in [2.05, 4.69) is 48.4 Å². The lowest BCUT2D eigenvalue weighted by molar-refractivity contribution is 0.375. The van der Waals surface area contributed by atoms with Crippen LogP contribution >= 0.6 is 12.2 Å². The molecule has 1 atom stereocenters. The van der Waals surface area contributed by atoms with Crippen molar-refractivity contribution in [2.24, 2.45) is 5.10 Å². The molecule has 3 rings (SSSR count). The Bertz CT molecular complexity index is 895. The summed E-state index contributed by atoms with van der Waals surface area (Å²) in [6.45, 7) is 9.75. The van der Waals surface area contributed by atoms with E-state index in [0.29, 0.717) is 16.6 Å². The van der Waals surface area contributed by atoms with E-state index >= 15 is 0 Å². The lowest BCUT2D eigenvalue weighted by Gasteiger charge is -2.47. The molecule has 2 aromatic rings. The molecule has 1 heterocycles. The van der Waals surface area contributed by atoms with Crippen molar-refractivity contribution in [2.45, 2.75) is 52.0 Å². The first-order valence-corrected chi connectivity index (χ1v) is 10.5. The summed E-state index contributed by atoms with van der Waals surface area (Å²) >= 11 is 5.23. The number of thiocarbonyl (C=S) groups is 1. The predicted octanol–water partition coefficient (Wildman–Crippen LogP) is 5.65. The second-order valence-corrected chi connectivity index (χ2v) is 8.60. The van der Waals surface area contributed by atoms with Crippen molar-refractivity contribution in [3.8, 4) is 0 Å². The van der Waals surface area contributed by atoms with Crippen molar-refractivity contribution < 1.29 is 4.39 Å². The van der Waals surface area contributed by atoms with Gasteiger partial charge in [0.05, 0.1) is 6.21 Å². The van der Waals surface area contributed by atoms with E-state index in [9.17, 15) is 4.39 Å². The Morgan fingerprint density at radius 2 is 2.03 bits per heavy atom. The largest absolute Gasteiger partial charge is 0.366 e. The third kappa shape index (κ3) is 4.93. The van der Waals surface area contributed by atoms with E-state index in [-0.39, 0.29) is 11.4 Å². The summed E-state index contributed by atoms with van der Waals surface area (Å²) in [5.41, 5.74) is 6.27. The first-order chi connectivity index (χ1) is 13.8. The van der Waals surface area contributed by atoms with Crippen molar-refractivity contribution in [3.63, 3.8) is 0 Å². The molecule has 4 nitrogen and oxygen atoms in total. The molecule has 0 bridgehead atoms. The van der Waals surface area contributed by atoms with Gasteiger partial charge in [0.2, 0.25) is 0 Å². The van der Waals surface area contributed by atoms with Crippen LogP contribution in [-0.4, -0.2) is 23.4 Å². The van der Waals surface area contributed by atoms with Gasteiger partial charge >= 0.3 is 0 Å². The number of rotatable bonds is 5. The third-order valence-electron chi connectivity index (χ3n) is 5.35. The SMILES string of the molecule is CCCN1c2cc(F)c(/C=N/NC(=S)Nc3ccccc3)cc2C(C)CC1(C)C. The molecule has 1 aliphatic heterocycles. The molecule has 29 heavy (non-hydrogen) atoms. The first-order valence-electron chi connectivity index (χ1n) is 10.1. The van der Waals surface area contributed by atoms with Crippen LogP contribution in [-0.2, 0) is 0 Å². The van der Waals surface area contributed by atoms with Crippen molar-refractivity contribution in [2.75, 3.05) is 16.8 Å². The van der Waals surface area contributed by atoms with Crippen LogP contribution in [0.2, 0.25) is 0 Å². The number of hydrogen-bond donors (Lipinski definition) is 2. The van der Waals surface area contributed by atoms with Crippen LogP contribution in [0.4, 0.5) is 15.8 Å². The minimum absolute atomic E-state index is 0.0152. The summed E-state index contributed by atoms with van der Waals surface area (Å²) < 4.78 is 14.8. The van der Waals surface area contributed by atoms with Gasteiger partial charge in [0.15, 0.2) is 5.11 Å². The van der Waals surface area contributed by atoms with Gasteiger partial charge in [-0.25, -0.2) is 4.39 Å². The lowest BCUT2D eigenvalue weighted by Crippen LogP contribution is -2.48. The molecule has 0 saturated carbocycles. The van der Waals surface area contributed by atoms with Crippen LogP contribution in [0.25, 0.3) is 0 Å². The first kappa shape index (κ1) is 21.2. The minimum Gasteiger partial charge on any atom is -0.366 e. The Balaban J connectivity index is 1.77. The summed E-state index contributed by atoms with van der Waals surface area (Å²) in [7, 11) is 0. The maximum Gasteiger partial charge on any atom is 0.191 e. The smallest absolute Gasteiger partial charge is 0.191 e. The molecular weight excluding hydrogens is 383 g/mol. The van der Waals surface area contributed by atoms with Gasteiger partial charge in [0.1, 0.15) is 5.82 Å². The molecule has 1 unspecified atom stereocenters. The van der Waals surface area contributed by atoms with E-state index < -0.39 is 0 Å². The van der Waals surface area contributed by atoms with Crippen molar-refractivity contribution in [1.29, 1.82) is 0 Å². The summed E-state index contributed by atoms with van der Waals surface area (Å²) in [5, 5.41) is 7.52. The van der Waals surface area contributed by atoms with Crippen LogP contribution in [0.1, 0.15) is 57.6 Å². The van der Waals surface area contributed by atoms with Crippen LogP contribution < -0.4 is 15.6 Å². The van der Waals surface area contributed by atoms with Gasteiger partial charge in [-0.1, -0.05) is 32.0 Å². The van der Waals surface area contributed by atoms with Gasteiger partial charge in [-0.2, -0.15) is 5.10 Å². The summed E-state index contributed by atoms with van der Waals surface area (Å²) in [6.07, 6.45) is 3.55. The summed E-state index contributed by atoms with van der Waals surface area (Å²) in [4.78, 5) is 2.34. The number of hydrazone groups is 1. The highest BCUT2D eigenvalue weighted by atomic mass is 32.1. The number of para-hydroxylation sites is 1. The number of nitrogens with zero attached hydrogens (tertiary/aromatic N) is 2. The van der Waals surface area contributed by atoms with Gasteiger partial charge in [-0.3, -0.25) is 5.43 Å². The molecule has 6 heteroatoms. The predicted molar refractivity (Wildman–Crippen MR) is 125 cm³/mol. The fraction of sp³-hybridized carbons (Fsp3) is 0.391. The number of halogens is 1. The van der Waals surface area contributed by atoms with Gasteiger partial charge in [-0.05, 0) is 74.7 Å².